The Labute approximate surface area is 154 Å². The molecule has 2 aromatic rings. The highest BCUT2D eigenvalue weighted by Gasteiger charge is 2.18. The maximum Gasteiger partial charge on any atom is 0.337 e. The summed E-state index contributed by atoms with van der Waals surface area (Å²) in [5, 5.41) is 0. The Kier molecular flexibility index (Phi) is 5.95. The Hall–Kier alpha value is -2.75. The van der Waals surface area contributed by atoms with Crippen LogP contribution in [0.3, 0.4) is 0 Å². The van der Waals surface area contributed by atoms with Gasteiger partial charge in [0, 0.05) is 0 Å². The zero-order valence-electron chi connectivity index (χ0n) is 15.2. The molecular formula is C22H24O4. The number of hydrogen-bond acceptors (Lipinski definition) is 4. The van der Waals surface area contributed by atoms with Crippen LogP contribution in [-0.4, -0.2) is 26.3 Å². The van der Waals surface area contributed by atoms with Crippen molar-refractivity contribution in [1.29, 1.82) is 0 Å². The largest absolute Gasteiger partial charge is 0.493 e. The standard InChI is InChI=1S/C22H24O4/c1-24-20-13-12-17(15-21(20)26-19-8-3-4-9-19)11-10-16-6-5-7-18(14-16)22(23)25-2/h5-7,10-15,19H,3-4,8-9H2,1-2H3/b11-10+. The molecular weight excluding hydrogens is 328 g/mol. The van der Waals surface area contributed by atoms with Crippen LogP contribution in [0.1, 0.15) is 47.2 Å². The van der Waals surface area contributed by atoms with Crippen LogP contribution in [0.25, 0.3) is 12.2 Å². The van der Waals surface area contributed by atoms with Crippen LogP contribution in [0.4, 0.5) is 0 Å². The number of ether oxygens (including phenoxy) is 3. The van der Waals surface area contributed by atoms with Crippen molar-refractivity contribution in [3.63, 3.8) is 0 Å². The first-order valence-corrected chi connectivity index (χ1v) is 8.91. The van der Waals surface area contributed by atoms with Gasteiger partial charge in [-0.3, -0.25) is 0 Å². The van der Waals surface area contributed by atoms with E-state index >= 15 is 0 Å². The topological polar surface area (TPSA) is 44.8 Å². The maximum absolute atomic E-state index is 11.6. The van der Waals surface area contributed by atoms with Crippen LogP contribution in [0.5, 0.6) is 11.5 Å². The summed E-state index contributed by atoms with van der Waals surface area (Å²) < 4.78 is 16.3. The van der Waals surface area contributed by atoms with E-state index < -0.39 is 0 Å². The van der Waals surface area contributed by atoms with Gasteiger partial charge >= 0.3 is 5.97 Å². The number of carbonyl (C=O) groups excluding carboxylic acids is 1. The summed E-state index contributed by atoms with van der Waals surface area (Å²) in [6.07, 6.45) is 8.89. The normalized spacial score (nSPS) is 14.5. The third-order valence-electron chi connectivity index (χ3n) is 4.56. The lowest BCUT2D eigenvalue weighted by atomic mass is 10.1. The van der Waals surface area contributed by atoms with Crippen molar-refractivity contribution in [1.82, 2.24) is 0 Å². The lowest BCUT2D eigenvalue weighted by Gasteiger charge is -2.16. The van der Waals surface area contributed by atoms with Gasteiger partial charge in [-0.25, -0.2) is 4.79 Å². The van der Waals surface area contributed by atoms with E-state index in [1.807, 2.05) is 48.6 Å². The second-order valence-corrected chi connectivity index (χ2v) is 6.38. The first kappa shape index (κ1) is 18.1. The van der Waals surface area contributed by atoms with Crippen molar-refractivity contribution in [2.75, 3.05) is 14.2 Å². The summed E-state index contributed by atoms with van der Waals surface area (Å²) >= 11 is 0. The minimum Gasteiger partial charge on any atom is -0.493 e. The molecule has 136 valence electrons. The Bertz CT molecular complexity index is 788. The molecule has 0 radical (unpaired) electrons. The predicted octanol–water partition coefficient (Wildman–Crippen LogP) is 4.97. The van der Waals surface area contributed by atoms with E-state index in [1.54, 1.807) is 13.2 Å². The number of rotatable bonds is 6. The molecule has 0 amide bonds. The highest BCUT2D eigenvalue weighted by molar-refractivity contribution is 5.90. The molecule has 1 fully saturated rings. The summed E-state index contributed by atoms with van der Waals surface area (Å²) in [6.45, 7) is 0. The predicted molar refractivity (Wildman–Crippen MR) is 103 cm³/mol. The van der Waals surface area contributed by atoms with Crippen LogP contribution < -0.4 is 9.47 Å². The van der Waals surface area contributed by atoms with Gasteiger partial charge in [0.1, 0.15) is 0 Å². The molecule has 0 aromatic heterocycles. The van der Waals surface area contributed by atoms with Gasteiger partial charge in [-0.05, 0) is 61.1 Å². The first-order valence-electron chi connectivity index (χ1n) is 8.91. The van der Waals surface area contributed by atoms with Crippen LogP contribution >= 0.6 is 0 Å². The van der Waals surface area contributed by atoms with Crippen LogP contribution in [0.15, 0.2) is 42.5 Å². The molecule has 0 bridgehead atoms. The van der Waals surface area contributed by atoms with E-state index in [2.05, 4.69) is 0 Å². The molecule has 1 saturated carbocycles. The minimum absolute atomic E-state index is 0.278. The third-order valence-corrected chi connectivity index (χ3v) is 4.56. The highest BCUT2D eigenvalue weighted by atomic mass is 16.5. The number of carbonyl (C=O) groups is 1. The van der Waals surface area contributed by atoms with E-state index in [4.69, 9.17) is 14.2 Å². The molecule has 1 aliphatic carbocycles. The Morgan fingerprint density at radius 2 is 1.69 bits per heavy atom. The van der Waals surface area contributed by atoms with Gasteiger partial charge in [0.15, 0.2) is 11.5 Å². The minimum atomic E-state index is -0.336. The zero-order chi connectivity index (χ0) is 18.4. The molecule has 0 unspecified atom stereocenters. The molecule has 4 heteroatoms. The van der Waals surface area contributed by atoms with Crippen molar-refractivity contribution < 1.29 is 19.0 Å². The smallest absolute Gasteiger partial charge is 0.337 e. The molecule has 0 N–H and O–H groups in total. The molecule has 0 heterocycles. The number of benzene rings is 2. The van der Waals surface area contributed by atoms with Crippen LogP contribution in [0.2, 0.25) is 0 Å². The Balaban J connectivity index is 1.78. The fraction of sp³-hybridized carbons (Fsp3) is 0.318. The number of methoxy groups -OCH3 is 2. The highest BCUT2D eigenvalue weighted by Crippen LogP contribution is 2.32. The van der Waals surface area contributed by atoms with Gasteiger partial charge in [-0.2, -0.15) is 0 Å². The molecule has 26 heavy (non-hydrogen) atoms. The lowest BCUT2D eigenvalue weighted by molar-refractivity contribution is 0.0600. The van der Waals surface area contributed by atoms with Crippen LogP contribution in [0, 0.1) is 0 Å². The van der Waals surface area contributed by atoms with E-state index in [0.29, 0.717) is 5.56 Å². The van der Waals surface area contributed by atoms with Crippen molar-refractivity contribution >= 4 is 18.1 Å². The fourth-order valence-electron chi connectivity index (χ4n) is 3.15. The molecule has 0 saturated heterocycles. The van der Waals surface area contributed by atoms with Gasteiger partial charge < -0.3 is 14.2 Å². The number of hydrogen-bond donors (Lipinski definition) is 0. The van der Waals surface area contributed by atoms with E-state index in [-0.39, 0.29) is 12.1 Å². The third kappa shape index (κ3) is 4.45. The lowest BCUT2D eigenvalue weighted by Crippen LogP contribution is -2.11. The SMILES string of the molecule is COC(=O)c1cccc(/C=C/c2ccc(OC)c(OC3CCCC3)c2)c1. The molecule has 0 spiro atoms. The van der Waals surface area contributed by atoms with Gasteiger partial charge in [-0.1, -0.05) is 30.4 Å². The molecule has 0 aliphatic heterocycles. The van der Waals surface area contributed by atoms with Crippen molar-refractivity contribution in [3.8, 4) is 11.5 Å². The summed E-state index contributed by atoms with van der Waals surface area (Å²) in [5.74, 6) is 1.20. The van der Waals surface area contributed by atoms with E-state index in [0.717, 1.165) is 35.5 Å². The Morgan fingerprint density at radius 1 is 0.962 bits per heavy atom. The summed E-state index contributed by atoms with van der Waals surface area (Å²) in [4.78, 5) is 11.6. The summed E-state index contributed by atoms with van der Waals surface area (Å²) in [7, 11) is 3.04. The Morgan fingerprint density at radius 3 is 2.38 bits per heavy atom. The molecule has 4 nitrogen and oxygen atoms in total. The first-order chi connectivity index (χ1) is 12.7. The van der Waals surface area contributed by atoms with E-state index in [1.165, 1.54) is 20.0 Å². The fourth-order valence-corrected chi connectivity index (χ4v) is 3.15. The maximum atomic E-state index is 11.6. The molecule has 3 rings (SSSR count). The quantitative estimate of drug-likeness (QED) is 0.544. The second kappa shape index (κ2) is 8.56. The average molecular weight is 352 g/mol. The van der Waals surface area contributed by atoms with Gasteiger partial charge in [0.05, 0.1) is 25.9 Å². The average Bonchev–Trinajstić information content (AvgIpc) is 3.19. The van der Waals surface area contributed by atoms with Gasteiger partial charge in [0.2, 0.25) is 0 Å². The second-order valence-electron chi connectivity index (χ2n) is 6.38. The molecule has 0 atom stereocenters. The van der Waals surface area contributed by atoms with Crippen LogP contribution in [-0.2, 0) is 4.74 Å². The van der Waals surface area contributed by atoms with E-state index in [9.17, 15) is 4.79 Å². The summed E-state index contributed by atoms with van der Waals surface area (Å²) in [5.41, 5.74) is 2.49. The van der Waals surface area contributed by atoms with Crippen molar-refractivity contribution in [3.05, 3.63) is 59.2 Å². The monoisotopic (exact) mass is 352 g/mol. The van der Waals surface area contributed by atoms with Crippen molar-refractivity contribution in [2.45, 2.75) is 31.8 Å². The molecule has 2 aromatic carbocycles. The van der Waals surface area contributed by atoms with Crippen molar-refractivity contribution in [2.24, 2.45) is 0 Å². The van der Waals surface area contributed by atoms with Gasteiger partial charge in [-0.15, -0.1) is 0 Å². The summed E-state index contributed by atoms with van der Waals surface area (Å²) in [6, 6.07) is 13.2. The van der Waals surface area contributed by atoms with Gasteiger partial charge in [0.25, 0.3) is 0 Å². The molecule has 1 aliphatic rings. The zero-order valence-corrected chi connectivity index (χ0v) is 15.2. The number of esters is 1.